The molecule has 0 aliphatic carbocycles. The van der Waals surface area contributed by atoms with E-state index in [4.69, 9.17) is 0 Å². The smallest absolute Gasteiger partial charge is 0.239 e. The van der Waals surface area contributed by atoms with E-state index >= 15 is 0 Å². The molecule has 0 unspecified atom stereocenters. The molecule has 1 rings (SSSR count). The van der Waals surface area contributed by atoms with E-state index in [0.29, 0.717) is 5.56 Å². The van der Waals surface area contributed by atoms with Gasteiger partial charge in [-0.25, -0.2) is 4.39 Å². The fourth-order valence-electron chi connectivity index (χ4n) is 1.65. The number of halogens is 1. The number of amides is 2. The minimum atomic E-state index is -0.377. The van der Waals surface area contributed by atoms with Gasteiger partial charge in [0.25, 0.3) is 0 Å². The molecule has 0 bridgehead atoms. The van der Waals surface area contributed by atoms with E-state index in [1.54, 1.807) is 18.2 Å². The lowest BCUT2D eigenvalue weighted by Crippen LogP contribution is -2.41. The van der Waals surface area contributed by atoms with Crippen molar-refractivity contribution in [1.29, 1.82) is 0 Å². The predicted octanol–water partition coefficient (Wildman–Crippen LogP) is 1.70. The van der Waals surface area contributed by atoms with Gasteiger partial charge in [0, 0.05) is 25.1 Å². The van der Waals surface area contributed by atoms with E-state index in [0.717, 1.165) is 0 Å². The highest BCUT2D eigenvalue weighted by molar-refractivity contribution is 5.83. The summed E-state index contributed by atoms with van der Waals surface area (Å²) in [4.78, 5) is 24.5. The van der Waals surface area contributed by atoms with Crippen molar-refractivity contribution in [2.75, 3.05) is 6.54 Å². The van der Waals surface area contributed by atoms with E-state index < -0.39 is 0 Å². The molecule has 1 aromatic carbocycles. The molecule has 0 spiro atoms. The first-order chi connectivity index (χ1) is 8.90. The van der Waals surface area contributed by atoms with Crippen molar-refractivity contribution in [3.8, 4) is 0 Å². The first kappa shape index (κ1) is 15.1. The summed E-state index contributed by atoms with van der Waals surface area (Å²) in [6.07, 6.45) is 0. The van der Waals surface area contributed by atoms with Crippen LogP contribution in [0.15, 0.2) is 24.3 Å². The third-order valence-corrected chi connectivity index (χ3v) is 2.55. The van der Waals surface area contributed by atoms with Gasteiger partial charge in [0.2, 0.25) is 11.8 Å². The quantitative estimate of drug-likeness (QED) is 0.882. The molecule has 4 nitrogen and oxygen atoms in total. The van der Waals surface area contributed by atoms with E-state index in [-0.39, 0.29) is 36.8 Å². The van der Waals surface area contributed by atoms with Crippen LogP contribution in [-0.2, 0) is 16.1 Å². The van der Waals surface area contributed by atoms with Gasteiger partial charge < -0.3 is 10.2 Å². The van der Waals surface area contributed by atoms with Gasteiger partial charge in [0.1, 0.15) is 5.82 Å². The summed E-state index contributed by atoms with van der Waals surface area (Å²) in [7, 11) is 0. The fraction of sp³-hybridized carbons (Fsp3) is 0.429. The Morgan fingerprint density at radius 2 is 1.95 bits per heavy atom. The van der Waals surface area contributed by atoms with E-state index in [2.05, 4.69) is 5.32 Å². The second-order valence-electron chi connectivity index (χ2n) is 4.69. The van der Waals surface area contributed by atoms with Gasteiger partial charge in [0.15, 0.2) is 0 Å². The van der Waals surface area contributed by atoms with Crippen LogP contribution in [0.1, 0.15) is 26.3 Å². The molecule has 0 saturated heterocycles. The molecule has 0 radical (unpaired) electrons. The summed E-state index contributed by atoms with van der Waals surface area (Å²) in [5.41, 5.74) is 0.398. The van der Waals surface area contributed by atoms with Crippen molar-refractivity contribution in [2.45, 2.75) is 33.4 Å². The lowest BCUT2D eigenvalue weighted by Gasteiger charge is -2.21. The standard InChI is InChI=1S/C14H19FN2O2/c1-10(2)16-14(19)9-17(11(3)18)8-12-6-4-5-7-13(12)15/h4-7,10H,8-9H2,1-3H3,(H,16,19). The highest BCUT2D eigenvalue weighted by Gasteiger charge is 2.16. The molecule has 0 aliphatic heterocycles. The molecule has 5 heteroatoms. The molecule has 0 heterocycles. The Morgan fingerprint density at radius 1 is 1.32 bits per heavy atom. The zero-order chi connectivity index (χ0) is 14.4. The number of nitrogens with one attached hydrogen (secondary N) is 1. The van der Waals surface area contributed by atoms with Crippen molar-refractivity contribution < 1.29 is 14.0 Å². The Balaban J connectivity index is 2.71. The maximum Gasteiger partial charge on any atom is 0.239 e. The average molecular weight is 266 g/mol. The number of benzene rings is 1. The molecule has 0 saturated carbocycles. The Labute approximate surface area is 112 Å². The maximum atomic E-state index is 13.5. The zero-order valence-corrected chi connectivity index (χ0v) is 11.4. The lowest BCUT2D eigenvalue weighted by atomic mass is 10.2. The fourth-order valence-corrected chi connectivity index (χ4v) is 1.65. The number of hydrogen-bond acceptors (Lipinski definition) is 2. The Morgan fingerprint density at radius 3 is 2.47 bits per heavy atom. The van der Waals surface area contributed by atoms with E-state index in [1.165, 1.54) is 17.9 Å². The van der Waals surface area contributed by atoms with Crippen molar-refractivity contribution in [1.82, 2.24) is 10.2 Å². The summed E-state index contributed by atoms with van der Waals surface area (Å²) >= 11 is 0. The predicted molar refractivity (Wildman–Crippen MR) is 70.8 cm³/mol. The van der Waals surface area contributed by atoms with Crippen molar-refractivity contribution in [3.05, 3.63) is 35.6 Å². The van der Waals surface area contributed by atoms with Crippen molar-refractivity contribution >= 4 is 11.8 Å². The third-order valence-electron chi connectivity index (χ3n) is 2.55. The molecule has 104 valence electrons. The SMILES string of the molecule is CC(=O)N(CC(=O)NC(C)C)Cc1ccccc1F. The van der Waals surface area contributed by atoms with Gasteiger partial charge in [-0.15, -0.1) is 0 Å². The van der Waals surface area contributed by atoms with Gasteiger partial charge >= 0.3 is 0 Å². The monoisotopic (exact) mass is 266 g/mol. The van der Waals surface area contributed by atoms with Crippen LogP contribution in [0.5, 0.6) is 0 Å². The Bertz CT molecular complexity index is 461. The highest BCUT2D eigenvalue weighted by atomic mass is 19.1. The lowest BCUT2D eigenvalue weighted by molar-refractivity contribution is -0.135. The molecule has 19 heavy (non-hydrogen) atoms. The summed E-state index contributed by atoms with van der Waals surface area (Å²) in [6, 6.07) is 6.23. The van der Waals surface area contributed by atoms with Gasteiger partial charge in [0.05, 0.1) is 6.54 Å². The molecule has 0 aliphatic rings. The van der Waals surface area contributed by atoms with Gasteiger partial charge in [-0.2, -0.15) is 0 Å². The molecule has 1 aromatic rings. The maximum absolute atomic E-state index is 13.5. The van der Waals surface area contributed by atoms with Crippen LogP contribution in [0, 0.1) is 5.82 Å². The van der Waals surface area contributed by atoms with Crippen LogP contribution in [0.2, 0.25) is 0 Å². The summed E-state index contributed by atoms with van der Waals surface area (Å²) in [6.45, 7) is 5.07. The Hall–Kier alpha value is -1.91. The second kappa shape index (κ2) is 6.87. The first-order valence-corrected chi connectivity index (χ1v) is 6.18. The minimum Gasteiger partial charge on any atom is -0.352 e. The zero-order valence-electron chi connectivity index (χ0n) is 11.4. The summed E-state index contributed by atoms with van der Waals surface area (Å²) < 4.78 is 13.5. The molecule has 0 aromatic heterocycles. The second-order valence-corrected chi connectivity index (χ2v) is 4.69. The van der Waals surface area contributed by atoms with Crippen LogP contribution in [-0.4, -0.2) is 29.3 Å². The number of carbonyl (C=O) groups excluding carboxylic acids is 2. The summed E-state index contributed by atoms with van der Waals surface area (Å²) in [5.74, 6) is -0.887. The first-order valence-electron chi connectivity index (χ1n) is 6.18. The molecule has 1 N–H and O–H groups in total. The topological polar surface area (TPSA) is 49.4 Å². The molecule has 0 fully saturated rings. The minimum absolute atomic E-state index is 0.00905. The number of carbonyl (C=O) groups is 2. The van der Waals surface area contributed by atoms with Crippen LogP contribution >= 0.6 is 0 Å². The van der Waals surface area contributed by atoms with Gasteiger partial charge in [-0.3, -0.25) is 9.59 Å². The molecular weight excluding hydrogens is 247 g/mol. The average Bonchev–Trinajstić information content (AvgIpc) is 2.29. The molecule has 0 atom stereocenters. The van der Waals surface area contributed by atoms with Crippen LogP contribution in [0.4, 0.5) is 4.39 Å². The number of hydrogen-bond donors (Lipinski definition) is 1. The van der Waals surface area contributed by atoms with Crippen LogP contribution in [0.25, 0.3) is 0 Å². The van der Waals surface area contributed by atoms with Gasteiger partial charge in [-0.05, 0) is 19.9 Å². The summed E-state index contributed by atoms with van der Waals surface area (Å²) in [5, 5.41) is 2.70. The van der Waals surface area contributed by atoms with Crippen LogP contribution < -0.4 is 5.32 Å². The number of nitrogens with zero attached hydrogens (tertiary/aromatic N) is 1. The Kier molecular flexibility index (Phi) is 5.48. The van der Waals surface area contributed by atoms with Crippen molar-refractivity contribution in [3.63, 3.8) is 0 Å². The largest absolute Gasteiger partial charge is 0.352 e. The highest BCUT2D eigenvalue weighted by Crippen LogP contribution is 2.09. The van der Waals surface area contributed by atoms with Gasteiger partial charge in [-0.1, -0.05) is 18.2 Å². The normalized spacial score (nSPS) is 10.4. The van der Waals surface area contributed by atoms with Crippen LogP contribution in [0.3, 0.4) is 0 Å². The third kappa shape index (κ3) is 5.07. The van der Waals surface area contributed by atoms with E-state index in [9.17, 15) is 14.0 Å². The van der Waals surface area contributed by atoms with Crippen molar-refractivity contribution in [2.24, 2.45) is 0 Å². The number of rotatable bonds is 5. The molecule has 2 amide bonds. The molecular formula is C14H19FN2O2. The van der Waals surface area contributed by atoms with E-state index in [1.807, 2.05) is 13.8 Å².